The molecule has 6 heteroatoms. The summed E-state index contributed by atoms with van der Waals surface area (Å²) in [6, 6.07) is 43.9. The summed E-state index contributed by atoms with van der Waals surface area (Å²) in [5.41, 5.74) is 15.1. The second kappa shape index (κ2) is 17.3. The van der Waals surface area contributed by atoms with E-state index >= 15 is 0 Å². The zero-order valence-electron chi connectivity index (χ0n) is 36.4. The van der Waals surface area contributed by atoms with Crippen LogP contribution < -0.4 is 0 Å². The van der Waals surface area contributed by atoms with Gasteiger partial charge >= 0.3 is 0 Å². The van der Waals surface area contributed by atoms with E-state index in [0.717, 1.165) is 67.8 Å². The van der Waals surface area contributed by atoms with Gasteiger partial charge in [-0.05, 0) is 124 Å². The first-order valence-corrected chi connectivity index (χ1v) is 21.5. The molecule has 0 amide bonds. The van der Waals surface area contributed by atoms with Crippen LogP contribution in [0.4, 0.5) is 8.78 Å². The quantitative estimate of drug-likeness (QED) is 0.123. The lowest BCUT2D eigenvalue weighted by Crippen LogP contribution is -2.10. The zero-order valence-corrected chi connectivity index (χ0v) is 36.4. The Morgan fingerprint density at radius 2 is 0.738 bits per heavy atom. The van der Waals surface area contributed by atoms with E-state index in [1.54, 1.807) is 0 Å². The summed E-state index contributed by atoms with van der Waals surface area (Å²) in [7, 11) is 0. The minimum absolute atomic E-state index is 0.266. The maximum atomic E-state index is 14.2. The molecule has 0 unspecified atom stereocenters. The topological polar surface area (TPSA) is 35.6 Å². The second-order valence-electron chi connectivity index (χ2n) is 17.4. The van der Waals surface area contributed by atoms with Gasteiger partial charge in [-0.15, -0.1) is 0 Å². The van der Waals surface area contributed by atoms with Crippen molar-refractivity contribution in [1.82, 2.24) is 19.1 Å². The van der Waals surface area contributed by atoms with Crippen molar-refractivity contribution in [2.45, 2.75) is 85.5 Å². The third-order valence-electron chi connectivity index (χ3n) is 11.7. The zero-order chi connectivity index (χ0) is 42.9. The van der Waals surface area contributed by atoms with Gasteiger partial charge in [0.2, 0.25) is 0 Å². The highest BCUT2D eigenvalue weighted by Crippen LogP contribution is 2.40. The van der Waals surface area contributed by atoms with Gasteiger partial charge < -0.3 is 0 Å². The van der Waals surface area contributed by atoms with Crippen molar-refractivity contribution in [3.05, 3.63) is 191 Å². The van der Waals surface area contributed by atoms with Gasteiger partial charge in [-0.2, -0.15) is 0 Å². The van der Waals surface area contributed by atoms with Crippen molar-refractivity contribution >= 4 is 0 Å². The number of aromatic nitrogens is 4. The highest BCUT2D eigenvalue weighted by Gasteiger charge is 2.25. The second-order valence-corrected chi connectivity index (χ2v) is 17.4. The molecule has 0 radical (unpaired) electrons. The number of halogens is 2. The lowest BCUT2D eigenvalue weighted by Gasteiger charge is -2.24. The Balaban J connectivity index is 1.24. The molecule has 0 saturated carbocycles. The van der Waals surface area contributed by atoms with Crippen LogP contribution in [-0.2, 0) is 6.42 Å². The largest absolute Gasteiger partial charge is 0.292 e. The Morgan fingerprint density at radius 1 is 0.410 bits per heavy atom. The molecule has 0 fully saturated rings. The van der Waals surface area contributed by atoms with Gasteiger partial charge in [-0.3, -0.25) is 9.13 Å². The fourth-order valence-corrected chi connectivity index (χ4v) is 8.63. The predicted molar refractivity (Wildman–Crippen MR) is 248 cm³/mol. The minimum atomic E-state index is -0.268. The molecule has 0 N–H and O–H groups in total. The summed E-state index contributed by atoms with van der Waals surface area (Å²) in [6.45, 7) is 17.8. The van der Waals surface area contributed by atoms with Crippen LogP contribution in [0.25, 0.3) is 56.7 Å². The van der Waals surface area contributed by atoms with E-state index in [4.69, 9.17) is 9.97 Å². The van der Waals surface area contributed by atoms with Crippen LogP contribution in [-0.4, -0.2) is 19.1 Å². The lowest BCUT2D eigenvalue weighted by atomic mass is 9.92. The summed E-state index contributed by atoms with van der Waals surface area (Å²) in [5.74, 6) is 2.20. The molecule has 4 nitrogen and oxygen atoms in total. The molecule has 0 aliphatic carbocycles. The highest BCUT2D eigenvalue weighted by molar-refractivity contribution is 5.74. The number of hydrogen-bond donors (Lipinski definition) is 0. The van der Waals surface area contributed by atoms with Gasteiger partial charge in [-0.1, -0.05) is 128 Å². The van der Waals surface area contributed by atoms with Gasteiger partial charge in [0.15, 0.2) is 0 Å². The summed E-state index contributed by atoms with van der Waals surface area (Å²) >= 11 is 0. The molecule has 0 aliphatic rings. The average Bonchev–Trinajstić information content (AvgIpc) is 3.89. The third-order valence-corrected chi connectivity index (χ3v) is 11.7. The number of benzene rings is 6. The molecular weight excluding hydrogens is 755 g/mol. The van der Waals surface area contributed by atoms with Crippen molar-refractivity contribution in [3.63, 3.8) is 0 Å². The van der Waals surface area contributed by atoms with E-state index in [1.165, 1.54) is 46.5 Å². The van der Waals surface area contributed by atoms with Crippen molar-refractivity contribution < 1.29 is 8.78 Å². The van der Waals surface area contributed by atoms with E-state index in [0.29, 0.717) is 6.42 Å². The Morgan fingerprint density at radius 3 is 1.07 bits per heavy atom. The fourth-order valence-electron chi connectivity index (χ4n) is 8.63. The van der Waals surface area contributed by atoms with E-state index < -0.39 is 0 Å². The first-order chi connectivity index (χ1) is 29.4. The number of rotatable bonds is 12. The Kier molecular flexibility index (Phi) is 11.7. The van der Waals surface area contributed by atoms with Crippen LogP contribution in [0, 0.1) is 11.6 Å². The maximum absolute atomic E-state index is 14.2. The monoisotopic (exact) mass is 808 g/mol. The Hall–Kier alpha value is -6.40. The summed E-state index contributed by atoms with van der Waals surface area (Å²) in [6.07, 6.45) is 4.53. The molecule has 0 aliphatic heterocycles. The van der Waals surface area contributed by atoms with E-state index in [9.17, 15) is 8.78 Å². The average molecular weight is 809 g/mol. The molecule has 2 heterocycles. The summed E-state index contributed by atoms with van der Waals surface area (Å²) in [5, 5.41) is 0. The molecule has 0 saturated heterocycles. The molecule has 308 valence electrons. The summed E-state index contributed by atoms with van der Waals surface area (Å²) in [4.78, 5) is 10.2. The molecule has 61 heavy (non-hydrogen) atoms. The fraction of sp³-hybridized carbons (Fsp3) is 0.236. The molecule has 0 atom stereocenters. The molecule has 6 aromatic carbocycles. The van der Waals surface area contributed by atoms with Gasteiger partial charge in [0.05, 0.1) is 35.2 Å². The first kappa shape index (κ1) is 41.3. The van der Waals surface area contributed by atoms with Crippen LogP contribution in [0.3, 0.4) is 0 Å². The van der Waals surface area contributed by atoms with Crippen molar-refractivity contribution in [2.24, 2.45) is 0 Å². The maximum Gasteiger partial charge on any atom is 0.145 e. The predicted octanol–water partition coefficient (Wildman–Crippen LogP) is 15.1. The molecule has 8 rings (SSSR count). The molecule has 0 spiro atoms. The highest BCUT2D eigenvalue weighted by atomic mass is 19.1. The van der Waals surface area contributed by atoms with Crippen LogP contribution >= 0.6 is 0 Å². The Bertz CT molecular complexity index is 2560. The molecular formula is C55H54F2N4. The van der Waals surface area contributed by atoms with Crippen LogP contribution in [0.2, 0.25) is 0 Å². The van der Waals surface area contributed by atoms with Crippen molar-refractivity contribution in [3.8, 4) is 56.7 Å². The lowest BCUT2D eigenvalue weighted by molar-refractivity contribution is 0.627. The molecule has 8 aromatic rings. The van der Waals surface area contributed by atoms with Crippen LogP contribution in [0.5, 0.6) is 0 Å². The third kappa shape index (κ3) is 8.24. The van der Waals surface area contributed by atoms with Crippen LogP contribution in [0.1, 0.15) is 112 Å². The SMILES string of the molecule is CC(C)c1cccc(C(C)C)c1-n1c(-c2ccc(F)cc2)cnc1-c1cccc(Cc2cccc(-c3ncc(-c4ccc(F)cc4)n3-c3c(C(C)C)cccc3C(C)C)c2)c1. The summed E-state index contributed by atoms with van der Waals surface area (Å²) < 4.78 is 33.0. The van der Waals surface area contributed by atoms with Gasteiger partial charge in [-0.25, -0.2) is 18.7 Å². The number of para-hydroxylation sites is 2. The smallest absolute Gasteiger partial charge is 0.145 e. The van der Waals surface area contributed by atoms with Crippen molar-refractivity contribution in [2.75, 3.05) is 0 Å². The molecule has 2 aromatic heterocycles. The van der Waals surface area contributed by atoms with E-state index in [-0.39, 0.29) is 35.3 Å². The number of hydrogen-bond acceptors (Lipinski definition) is 2. The normalized spacial score (nSPS) is 11.8. The van der Waals surface area contributed by atoms with Gasteiger partial charge in [0, 0.05) is 22.3 Å². The van der Waals surface area contributed by atoms with Crippen LogP contribution in [0.15, 0.2) is 146 Å². The molecule has 0 bridgehead atoms. The Labute approximate surface area is 359 Å². The van der Waals surface area contributed by atoms with E-state index in [2.05, 4.69) is 149 Å². The standard InChI is InChI=1S/C55H54F2N4/c1-34(2)46-17-11-18-47(35(3)4)52(46)60-50(40-21-25-44(56)26-22-40)32-58-54(60)42-15-9-13-38(30-42)29-39-14-10-16-43(31-39)55-59-33-51(41-23-27-45(57)28-24-41)61(55)53-48(36(5)6)19-12-20-49(53)37(7)8/h9-28,30-37H,29H2,1-8H3. The van der Waals surface area contributed by atoms with E-state index in [1.807, 2.05) is 36.7 Å². The first-order valence-electron chi connectivity index (χ1n) is 21.5. The number of nitrogens with zero attached hydrogens (tertiary/aromatic N) is 4. The van der Waals surface area contributed by atoms with Gasteiger partial charge in [0.25, 0.3) is 0 Å². The van der Waals surface area contributed by atoms with Gasteiger partial charge in [0.1, 0.15) is 23.3 Å². The number of imidazole rings is 2. The van der Waals surface area contributed by atoms with Crippen molar-refractivity contribution in [1.29, 1.82) is 0 Å². The minimum Gasteiger partial charge on any atom is -0.292 e.